The number of rotatable bonds is 7. The lowest BCUT2D eigenvalue weighted by atomic mass is 10.0. The first-order chi connectivity index (χ1) is 16.2. The van der Waals surface area contributed by atoms with Gasteiger partial charge in [-0.2, -0.15) is 0 Å². The van der Waals surface area contributed by atoms with Crippen molar-refractivity contribution in [1.82, 2.24) is 15.4 Å². The summed E-state index contributed by atoms with van der Waals surface area (Å²) in [6, 6.07) is 5.94. The molecule has 5 N–H and O–H groups in total. The van der Waals surface area contributed by atoms with E-state index in [4.69, 9.17) is 27.3 Å². The zero-order valence-corrected chi connectivity index (χ0v) is 20.0. The molecule has 1 aromatic heterocycles. The number of carbonyl (C=O) groups excluding carboxylic acids is 2. The predicted molar refractivity (Wildman–Crippen MR) is 129 cm³/mol. The third-order valence-corrected chi connectivity index (χ3v) is 7.79. The molecule has 10 nitrogen and oxygen atoms in total. The molecule has 176 valence electrons. The standard InChI is InChI=1S/C21H18ClN5O5S2/c1-9-14(15(26-32-9)10-4-2-3-5-11(10)22)18(28)25-16-19(29)27-17(21(30)31)12(8-34-20(16)27)33-7-6-13(23)24/h2-7,16,20H,8H2,1H3,(H3,23,24)(H,25,28)(H,30,31)/b7-6+/t16?,20-/m1/s1. The number of aliphatic carboxylic acids is 1. The van der Waals surface area contributed by atoms with Gasteiger partial charge in [0.15, 0.2) is 0 Å². The number of β-lactam (4-membered cyclic amide) rings is 1. The number of nitrogens with zero attached hydrogens (tertiary/aromatic N) is 2. The minimum Gasteiger partial charge on any atom is -0.477 e. The molecule has 2 aromatic rings. The Bertz CT molecular complexity index is 1270. The van der Waals surface area contributed by atoms with Crippen molar-refractivity contribution in [2.75, 3.05) is 5.75 Å². The second kappa shape index (κ2) is 9.57. The Morgan fingerprint density at radius 2 is 2.18 bits per heavy atom. The summed E-state index contributed by atoms with van der Waals surface area (Å²) in [5.74, 6) is -1.96. The number of nitrogens with one attached hydrogen (secondary N) is 2. The van der Waals surface area contributed by atoms with E-state index in [9.17, 15) is 19.5 Å². The predicted octanol–water partition coefficient (Wildman–Crippen LogP) is 2.80. The van der Waals surface area contributed by atoms with Crippen LogP contribution in [0.4, 0.5) is 0 Å². The lowest BCUT2D eigenvalue weighted by Crippen LogP contribution is -2.70. The van der Waals surface area contributed by atoms with E-state index >= 15 is 0 Å². The van der Waals surface area contributed by atoms with Crippen molar-refractivity contribution in [3.05, 3.63) is 62.7 Å². The average molecular weight is 520 g/mol. The highest BCUT2D eigenvalue weighted by Gasteiger charge is 2.54. The van der Waals surface area contributed by atoms with Crippen LogP contribution >= 0.6 is 35.1 Å². The molecule has 13 heteroatoms. The largest absolute Gasteiger partial charge is 0.477 e. The fraction of sp³-hybridized carbons (Fsp3) is 0.190. The molecule has 4 rings (SSSR count). The number of hydrogen-bond donors (Lipinski definition) is 4. The maximum absolute atomic E-state index is 13.1. The molecule has 1 saturated heterocycles. The Morgan fingerprint density at radius 3 is 2.85 bits per heavy atom. The summed E-state index contributed by atoms with van der Waals surface area (Å²) in [4.78, 5) is 39.5. The number of carbonyl (C=O) groups is 3. The van der Waals surface area contributed by atoms with Crippen molar-refractivity contribution >= 4 is 58.7 Å². The number of halogens is 1. The number of carboxylic acid groups (broad SMARTS) is 1. The zero-order chi connectivity index (χ0) is 24.6. The number of carboxylic acids is 1. The maximum Gasteiger partial charge on any atom is 0.353 e. The number of thioether (sulfide) groups is 2. The fourth-order valence-corrected chi connectivity index (χ4v) is 6.13. The number of hydrogen-bond acceptors (Lipinski definition) is 8. The molecular formula is C21H18ClN5O5S2. The monoisotopic (exact) mass is 519 g/mol. The van der Waals surface area contributed by atoms with Crippen LogP contribution < -0.4 is 11.1 Å². The lowest BCUT2D eigenvalue weighted by Gasteiger charge is -2.49. The second-order valence-electron chi connectivity index (χ2n) is 7.26. The molecule has 0 radical (unpaired) electrons. The maximum atomic E-state index is 13.1. The summed E-state index contributed by atoms with van der Waals surface area (Å²) >= 11 is 8.66. The molecule has 0 bridgehead atoms. The van der Waals surface area contributed by atoms with Gasteiger partial charge in [-0.05, 0) is 24.5 Å². The van der Waals surface area contributed by atoms with E-state index in [2.05, 4.69) is 10.5 Å². The van der Waals surface area contributed by atoms with Crippen LogP contribution in [0.1, 0.15) is 16.1 Å². The molecule has 1 unspecified atom stereocenters. The Hall–Kier alpha value is -3.22. The van der Waals surface area contributed by atoms with Crippen LogP contribution in [0.3, 0.4) is 0 Å². The van der Waals surface area contributed by atoms with Gasteiger partial charge in [-0.15, -0.1) is 11.8 Å². The number of fused-ring (bicyclic) bond motifs is 1. The van der Waals surface area contributed by atoms with Crippen LogP contribution in [0, 0.1) is 12.3 Å². The average Bonchev–Trinajstić information content (AvgIpc) is 3.17. The highest BCUT2D eigenvalue weighted by Crippen LogP contribution is 2.44. The molecule has 1 fully saturated rings. The van der Waals surface area contributed by atoms with Gasteiger partial charge < -0.3 is 20.7 Å². The summed E-state index contributed by atoms with van der Waals surface area (Å²) in [6.45, 7) is 1.58. The van der Waals surface area contributed by atoms with Gasteiger partial charge in [0, 0.05) is 16.2 Å². The molecule has 0 aliphatic carbocycles. The molecule has 0 spiro atoms. The van der Waals surface area contributed by atoms with Crippen LogP contribution in [-0.4, -0.2) is 56.0 Å². The van der Waals surface area contributed by atoms with Gasteiger partial charge in [-0.25, -0.2) is 4.79 Å². The van der Waals surface area contributed by atoms with E-state index in [1.807, 2.05) is 0 Å². The number of benzene rings is 1. The Balaban J connectivity index is 1.56. The van der Waals surface area contributed by atoms with Gasteiger partial charge in [-0.3, -0.25) is 19.9 Å². The SMILES string of the molecule is Cc1onc(-c2ccccc2Cl)c1C(=O)NC1C(=O)N2C(C(=O)O)=C(S/C=C/C(=N)N)CS[C@H]12. The first-order valence-corrected chi connectivity index (χ1v) is 12.1. The molecular weight excluding hydrogens is 502 g/mol. The van der Waals surface area contributed by atoms with Crippen molar-refractivity contribution < 1.29 is 24.0 Å². The Labute approximate surface area is 207 Å². The number of aromatic nitrogens is 1. The van der Waals surface area contributed by atoms with E-state index in [1.54, 1.807) is 31.2 Å². The van der Waals surface area contributed by atoms with Crippen molar-refractivity contribution in [3.8, 4) is 11.3 Å². The minimum atomic E-state index is -1.25. The van der Waals surface area contributed by atoms with Gasteiger partial charge in [0.2, 0.25) is 0 Å². The molecule has 0 saturated carbocycles. The lowest BCUT2D eigenvalue weighted by molar-refractivity contribution is -0.148. The van der Waals surface area contributed by atoms with Gasteiger partial charge in [0.25, 0.3) is 11.8 Å². The normalized spacial score (nSPS) is 19.7. The van der Waals surface area contributed by atoms with Crippen LogP contribution in [0.2, 0.25) is 5.02 Å². The van der Waals surface area contributed by atoms with Gasteiger partial charge >= 0.3 is 5.97 Å². The number of amides is 2. The number of amidine groups is 1. The third-order valence-electron chi connectivity index (χ3n) is 5.10. The first-order valence-electron chi connectivity index (χ1n) is 9.81. The molecule has 2 atom stereocenters. The number of aryl methyl sites for hydroxylation is 1. The van der Waals surface area contributed by atoms with E-state index < -0.39 is 29.2 Å². The van der Waals surface area contributed by atoms with E-state index in [1.165, 1.54) is 28.1 Å². The van der Waals surface area contributed by atoms with Gasteiger partial charge in [0.1, 0.15) is 40.0 Å². The first kappa shape index (κ1) is 23.9. The fourth-order valence-electron chi connectivity index (χ4n) is 3.56. The highest BCUT2D eigenvalue weighted by atomic mass is 35.5. The zero-order valence-electron chi connectivity index (χ0n) is 17.6. The van der Waals surface area contributed by atoms with Gasteiger partial charge in [0.05, 0.1) is 5.02 Å². The summed E-state index contributed by atoms with van der Waals surface area (Å²) < 4.78 is 5.22. The van der Waals surface area contributed by atoms with E-state index in [-0.39, 0.29) is 28.6 Å². The minimum absolute atomic E-state index is 0.143. The topological polar surface area (TPSA) is 163 Å². The quantitative estimate of drug-likeness (QED) is 0.244. The Morgan fingerprint density at radius 1 is 1.44 bits per heavy atom. The second-order valence-corrected chi connectivity index (χ2v) is 9.77. The molecule has 2 amide bonds. The van der Waals surface area contributed by atoms with Crippen LogP contribution in [0.25, 0.3) is 11.3 Å². The Kier molecular flexibility index (Phi) is 6.73. The third kappa shape index (κ3) is 4.31. The molecule has 1 aromatic carbocycles. The summed E-state index contributed by atoms with van der Waals surface area (Å²) in [6.07, 6.45) is 1.33. The van der Waals surface area contributed by atoms with E-state index in [0.29, 0.717) is 21.2 Å². The highest BCUT2D eigenvalue weighted by molar-refractivity contribution is 8.08. The summed E-state index contributed by atoms with van der Waals surface area (Å²) in [5, 5.41) is 24.9. The van der Waals surface area contributed by atoms with Crippen molar-refractivity contribution in [2.45, 2.75) is 18.3 Å². The van der Waals surface area contributed by atoms with Crippen molar-refractivity contribution in [3.63, 3.8) is 0 Å². The van der Waals surface area contributed by atoms with Crippen LogP contribution in [0.5, 0.6) is 0 Å². The van der Waals surface area contributed by atoms with Crippen LogP contribution in [-0.2, 0) is 9.59 Å². The number of nitrogens with two attached hydrogens (primary N) is 1. The smallest absolute Gasteiger partial charge is 0.353 e. The van der Waals surface area contributed by atoms with Gasteiger partial charge in [-0.1, -0.05) is 46.7 Å². The van der Waals surface area contributed by atoms with E-state index in [0.717, 1.165) is 11.8 Å². The molecule has 34 heavy (non-hydrogen) atoms. The summed E-state index contributed by atoms with van der Waals surface area (Å²) in [7, 11) is 0. The van der Waals surface area contributed by atoms with Crippen molar-refractivity contribution in [2.24, 2.45) is 5.73 Å². The van der Waals surface area contributed by atoms with Crippen molar-refractivity contribution in [1.29, 1.82) is 5.41 Å². The molecule has 3 heterocycles. The molecule has 2 aliphatic heterocycles. The summed E-state index contributed by atoms with van der Waals surface area (Å²) in [5.41, 5.74) is 6.05. The van der Waals surface area contributed by atoms with Crippen LogP contribution in [0.15, 0.2) is 50.9 Å². The molecule has 2 aliphatic rings.